The van der Waals surface area contributed by atoms with Crippen molar-refractivity contribution in [1.29, 1.82) is 0 Å². The summed E-state index contributed by atoms with van der Waals surface area (Å²) >= 11 is 1.27. The summed E-state index contributed by atoms with van der Waals surface area (Å²) in [6, 6.07) is 1.06. The van der Waals surface area contributed by atoms with Crippen LogP contribution >= 0.6 is 11.3 Å². The van der Waals surface area contributed by atoms with Crippen LogP contribution in [0.2, 0.25) is 0 Å². The quantitative estimate of drug-likeness (QED) is 0.675. The Labute approximate surface area is 119 Å². The summed E-state index contributed by atoms with van der Waals surface area (Å²) in [5.74, 6) is -1.21. The van der Waals surface area contributed by atoms with Crippen molar-refractivity contribution in [3.05, 3.63) is 42.6 Å². The molecule has 1 aromatic rings. The summed E-state index contributed by atoms with van der Waals surface area (Å²) in [7, 11) is 0. The Morgan fingerprint density at radius 1 is 1.35 bits per heavy atom. The first-order valence-corrected chi connectivity index (χ1v) is 7.33. The molecule has 0 radical (unpaired) electrons. The zero-order valence-electron chi connectivity index (χ0n) is 10.9. The van der Waals surface area contributed by atoms with Crippen LogP contribution < -0.4 is 0 Å². The SMILES string of the molecule is CC[C@@H]1C[C@@H](O)[C@@H]([N+](=O)[O-])[C@H](c2cccs2)[C@@H]1[N+](=O)[O-]. The fourth-order valence-corrected chi connectivity index (χ4v) is 4.03. The number of aliphatic hydroxyl groups excluding tert-OH is 1. The van der Waals surface area contributed by atoms with Crippen LogP contribution in [0.5, 0.6) is 0 Å². The predicted molar refractivity (Wildman–Crippen MR) is 73.0 cm³/mol. The van der Waals surface area contributed by atoms with E-state index in [0.29, 0.717) is 11.3 Å². The van der Waals surface area contributed by atoms with Crippen LogP contribution in [0.15, 0.2) is 17.5 Å². The highest BCUT2D eigenvalue weighted by Gasteiger charge is 2.56. The Hall–Kier alpha value is -1.54. The highest BCUT2D eigenvalue weighted by atomic mass is 32.1. The fraction of sp³-hybridized carbons (Fsp3) is 0.667. The lowest BCUT2D eigenvalue weighted by molar-refractivity contribution is -0.588. The van der Waals surface area contributed by atoms with Crippen LogP contribution in [-0.2, 0) is 0 Å². The Morgan fingerprint density at radius 3 is 2.45 bits per heavy atom. The molecule has 1 heterocycles. The molecule has 1 saturated carbocycles. The topological polar surface area (TPSA) is 107 Å². The first kappa shape index (κ1) is 14.9. The van der Waals surface area contributed by atoms with Crippen molar-refractivity contribution >= 4 is 11.3 Å². The number of thiophene rings is 1. The molecular formula is C12H16N2O5S. The number of hydrogen-bond acceptors (Lipinski definition) is 6. The van der Waals surface area contributed by atoms with Crippen molar-refractivity contribution in [2.24, 2.45) is 5.92 Å². The van der Waals surface area contributed by atoms with E-state index in [1.54, 1.807) is 17.5 Å². The molecule has 110 valence electrons. The fourth-order valence-electron chi connectivity index (χ4n) is 3.12. The van der Waals surface area contributed by atoms with Gasteiger partial charge in [-0.25, -0.2) is 0 Å². The molecule has 20 heavy (non-hydrogen) atoms. The van der Waals surface area contributed by atoms with Gasteiger partial charge in [-0.1, -0.05) is 13.0 Å². The summed E-state index contributed by atoms with van der Waals surface area (Å²) in [5.41, 5.74) is 0. The minimum absolute atomic E-state index is 0.107. The van der Waals surface area contributed by atoms with Gasteiger partial charge in [0.15, 0.2) is 0 Å². The van der Waals surface area contributed by atoms with E-state index in [1.165, 1.54) is 11.3 Å². The predicted octanol–water partition coefficient (Wildman–Crippen LogP) is 1.91. The number of nitro groups is 2. The summed E-state index contributed by atoms with van der Waals surface area (Å²) in [6.07, 6.45) is -0.511. The Kier molecular flexibility index (Phi) is 4.34. The molecule has 8 heteroatoms. The van der Waals surface area contributed by atoms with Crippen LogP contribution in [0.1, 0.15) is 30.6 Å². The summed E-state index contributed by atoms with van der Waals surface area (Å²) in [4.78, 5) is 22.3. The molecule has 1 aliphatic rings. The van der Waals surface area contributed by atoms with Crippen molar-refractivity contribution in [1.82, 2.24) is 0 Å². The summed E-state index contributed by atoms with van der Waals surface area (Å²) < 4.78 is 0. The summed E-state index contributed by atoms with van der Waals surface area (Å²) in [6.45, 7) is 1.81. The van der Waals surface area contributed by atoms with Gasteiger partial charge in [0.1, 0.15) is 12.0 Å². The lowest BCUT2D eigenvalue weighted by Crippen LogP contribution is -2.54. The molecule has 1 aromatic heterocycles. The van der Waals surface area contributed by atoms with E-state index in [1.807, 2.05) is 6.92 Å². The first-order valence-electron chi connectivity index (χ1n) is 6.45. The largest absolute Gasteiger partial charge is 0.386 e. The van der Waals surface area contributed by atoms with Gasteiger partial charge in [-0.2, -0.15) is 0 Å². The van der Waals surface area contributed by atoms with Gasteiger partial charge in [-0.05, 0) is 24.3 Å². The van der Waals surface area contributed by atoms with Crippen molar-refractivity contribution in [2.45, 2.75) is 43.9 Å². The zero-order valence-corrected chi connectivity index (χ0v) is 11.7. The smallest absolute Gasteiger partial charge is 0.252 e. The molecule has 5 atom stereocenters. The molecule has 0 unspecified atom stereocenters. The molecule has 0 bridgehead atoms. The molecule has 0 aromatic carbocycles. The van der Waals surface area contributed by atoms with Crippen LogP contribution in [0.4, 0.5) is 0 Å². The van der Waals surface area contributed by atoms with E-state index in [-0.39, 0.29) is 12.3 Å². The molecule has 1 N–H and O–H groups in total. The Morgan fingerprint density at radius 2 is 2.00 bits per heavy atom. The maximum Gasteiger partial charge on any atom is 0.252 e. The third kappa shape index (κ3) is 2.53. The van der Waals surface area contributed by atoms with Gasteiger partial charge in [-0.15, -0.1) is 11.3 Å². The van der Waals surface area contributed by atoms with Crippen LogP contribution in [-0.4, -0.2) is 33.1 Å². The molecule has 2 rings (SSSR count). The van der Waals surface area contributed by atoms with E-state index in [4.69, 9.17) is 0 Å². The van der Waals surface area contributed by atoms with Gasteiger partial charge < -0.3 is 5.11 Å². The molecule has 7 nitrogen and oxygen atoms in total. The highest BCUT2D eigenvalue weighted by molar-refractivity contribution is 7.10. The Bertz CT molecular complexity index is 492. The maximum atomic E-state index is 11.4. The summed E-state index contributed by atoms with van der Waals surface area (Å²) in [5, 5.41) is 34.5. The number of aliphatic hydroxyl groups is 1. The molecule has 1 aliphatic carbocycles. The minimum atomic E-state index is -1.31. The maximum absolute atomic E-state index is 11.4. The van der Waals surface area contributed by atoms with E-state index >= 15 is 0 Å². The van der Waals surface area contributed by atoms with Crippen molar-refractivity contribution in [2.75, 3.05) is 0 Å². The monoisotopic (exact) mass is 300 g/mol. The average molecular weight is 300 g/mol. The van der Waals surface area contributed by atoms with Crippen LogP contribution in [0, 0.1) is 26.1 Å². The Balaban J connectivity index is 2.48. The zero-order chi connectivity index (χ0) is 14.9. The van der Waals surface area contributed by atoms with Crippen molar-refractivity contribution in [3.63, 3.8) is 0 Å². The number of rotatable bonds is 4. The van der Waals surface area contributed by atoms with Gasteiger partial charge in [0.2, 0.25) is 6.04 Å². The standard InChI is InChI=1S/C12H16N2O5S/c1-2-7-6-8(15)12(14(18)19)10(11(7)13(16)17)9-4-3-5-20-9/h3-5,7-8,10-12,15H,2,6H2,1H3/t7-,8-,10-,11-,12-/m1/s1. The van der Waals surface area contributed by atoms with E-state index in [9.17, 15) is 25.3 Å². The third-order valence-corrected chi connectivity index (χ3v) is 5.01. The molecule has 0 amide bonds. The van der Waals surface area contributed by atoms with Crippen molar-refractivity contribution < 1.29 is 15.0 Å². The molecule has 0 spiro atoms. The average Bonchev–Trinajstić information content (AvgIpc) is 2.89. The van der Waals surface area contributed by atoms with E-state index in [0.717, 1.165) is 0 Å². The molecule has 0 saturated heterocycles. The van der Waals surface area contributed by atoms with Crippen molar-refractivity contribution in [3.8, 4) is 0 Å². The number of hydrogen-bond donors (Lipinski definition) is 1. The molecular weight excluding hydrogens is 284 g/mol. The normalized spacial score (nSPS) is 33.8. The van der Waals surface area contributed by atoms with Crippen LogP contribution in [0.25, 0.3) is 0 Å². The second-order valence-corrected chi connectivity index (χ2v) is 6.04. The first-order chi connectivity index (χ1) is 9.47. The second kappa shape index (κ2) is 5.84. The molecule has 0 aliphatic heterocycles. The van der Waals surface area contributed by atoms with Gasteiger partial charge in [0.05, 0.1) is 0 Å². The molecule has 1 fully saturated rings. The highest BCUT2D eigenvalue weighted by Crippen LogP contribution is 2.42. The van der Waals surface area contributed by atoms with Gasteiger partial charge in [0.25, 0.3) is 6.04 Å². The second-order valence-electron chi connectivity index (χ2n) is 5.06. The van der Waals surface area contributed by atoms with Crippen LogP contribution in [0.3, 0.4) is 0 Å². The van der Waals surface area contributed by atoms with Gasteiger partial charge in [0, 0.05) is 20.6 Å². The van der Waals surface area contributed by atoms with Gasteiger partial charge in [-0.3, -0.25) is 20.2 Å². The van der Waals surface area contributed by atoms with E-state index < -0.39 is 34.0 Å². The van der Waals surface area contributed by atoms with E-state index in [2.05, 4.69) is 0 Å². The number of nitrogens with zero attached hydrogens (tertiary/aromatic N) is 2. The third-order valence-electron chi connectivity index (χ3n) is 4.04. The lowest BCUT2D eigenvalue weighted by atomic mass is 9.71. The minimum Gasteiger partial charge on any atom is -0.386 e. The lowest BCUT2D eigenvalue weighted by Gasteiger charge is -2.35. The van der Waals surface area contributed by atoms with Gasteiger partial charge >= 0.3 is 0 Å².